The molecule has 2 N–H and O–H groups in total. The van der Waals surface area contributed by atoms with Crippen molar-refractivity contribution < 1.29 is 9.59 Å². The molecule has 120 valence electrons. The zero-order chi connectivity index (χ0) is 15.7. The highest BCUT2D eigenvalue weighted by atomic mass is 32.1. The minimum Gasteiger partial charge on any atom is -0.368 e. The van der Waals surface area contributed by atoms with Gasteiger partial charge in [-0.3, -0.25) is 14.5 Å². The summed E-state index contributed by atoms with van der Waals surface area (Å²) in [4.78, 5) is 28.4. The molecule has 0 aromatic carbocycles. The standard InChI is InChI=1S/C16H23N3O2S/c1-18-7-2-4-16(13(18)14(17)20)5-8-19(9-6-16)15(21)12-3-10-22-11-12/h3,10-11,13H,2,4-9H2,1H3,(H2,17,20). The van der Waals surface area contributed by atoms with Crippen LogP contribution < -0.4 is 5.73 Å². The molecule has 6 heteroatoms. The summed E-state index contributed by atoms with van der Waals surface area (Å²) in [5, 5.41) is 3.82. The average molecular weight is 321 g/mol. The molecular weight excluding hydrogens is 298 g/mol. The molecule has 5 nitrogen and oxygen atoms in total. The van der Waals surface area contributed by atoms with Crippen LogP contribution in [-0.4, -0.2) is 54.3 Å². The lowest BCUT2D eigenvalue weighted by atomic mass is 9.66. The highest BCUT2D eigenvalue weighted by Crippen LogP contribution is 2.44. The molecule has 1 atom stereocenters. The Kier molecular flexibility index (Phi) is 4.23. The van der Waals surface area contributed by atoms with E-state index < -0.39 is 0 Å². The van der Waals surface area contributed by atoms with Gasteiger partial charge in [0, 0.05) is 18.5 Å². The summed E-state index contributed by atoms with van der Waals surface area (Å²) >= 11 is 1.54. The molecule has 2 fully saturated rings. The van der Waals surface area contributed by atoms with Crippen LogP contribution in [0, 0.1) is 5.41 Å². The highest BCUT2D eigenvalue weighted by molar-refractivity contribution is 7.08. The molecule has 0 aliphatic carbocycles. The van der Waals surface area contributed by atoms with Crippen LogP contribution in [0.15, 0.2) is 16.8 Å². The molecule has 3 heterocycles. The third-order valence-electron chi connectivity index (χ3n) is 5.29. The number of likely N-dealkylation sites (tertiary alicyclic amines) is 2. The van der Waals surface area contributed by atoms with E-state index in [1.807, 2.05) is 28.8 Å². The Morgan fingerprint density at radius 2 is 2.00 bits per heavy atom. The Morgan fingerprint density at radius 1 is 1.27 bits per heavy atom. The number of carbonyl (C=O) groups is 2. The maximum absolute atomic E-state index is 12.4. The Labute approximate surface area is 135 Å². The third-order valence-corrected chi connectivity index (χ3v) is 5.97. The van der Waals surface area contributed by atoms with E-state index in [2.05, 4.69) is 4.90 Å². The fourth-order valence-corrected chi connectivity index (χ4v) is 4.81. The van der Waals surface area contributed by atoms with Gasteiger partial charge in [-0.1, -0.05) is 0 Å². The lowest BCUT2D eigenvalue weighted by molar-refractivity contribution is -0.132. The summed E-state index contributed by atoms with van der Waals surface area (Å²) in [5.41, 5.74) is 6.40. The molecule has 1 spiro atoms. The molecular formula is C16H23N3O2S. The molecule has 2 aliphatic heterocycles. The molecule has 0 bridgehead atoms. The first-order chi connectivity index (χ1) is 10.5. The number of rotatable bonds is 2. The number of hydrogen-bond acceptors (Lipinski definition) is 4. The second-order valence-electron chi connectivity index (χ2n) is 6.56. The van der Waals surface area contributed by atoms with Crippen molar-refractivity contribution in [2.45, 2.75) is 31.7 Å². The van der Waals surface area contributed by atoms with Crippen LogP contribution in [0.3, 0.4) is 0 Å². The molecule has 0 radical (unpaired) electrons. The molecule has 2 amide bonds. The highest BCUT2D eigenvalue weighted by Gasteiger charge is 2.48. The van der Waals surface area contributed by atoms with Gasteiger partial charge in [0.05, 0.1) is 11.6 Å². The monoisotopic (exact) mass is 321 g/mol. The van der Waals surface area contributed by atoms with Crippen molar-refractivity contribution in [3.8, 4) is 0 Å². The van der Waals surface area contributed by atoms with Gasteiger partial charge in [0.15, 0.2) is 0 Å². The Bertz CT molecular complexity index is 550. The number of primary amides is 1. The number of nitrogens with two attached hydrogens (primary N) is 1. The fraction of sp³-hybridized carbons (Fsp3) is 0.625. The van der Waals surface area contributed by atoms with Crippen molar-refractivity contribution in [2.24, 2.45) is 11.1 Å². The number of amides is 2. The van der Waals surface area contributed by atoms with E-state index >= 15 is 0 Å². The zero-order valence-corrected chi connectivity index (χ0v) is 13.8. The van der Waals surface area contributed by atoms with Crippen molar-refractivity contribution in [1.29, 1.82) is 0 Å². The Hall–Kier alpha value is -1.40. The lowest BCUT2D eigenvalue weighted by Gasteiger charge is -2.51. The van der Waals surface area contributed by atoms with Gasteiger partial charge in [0.1, 0.15) is 0 Å². The van der Waals surface area contributed by atoms with Gasteiger partial charge in [-0.05, 0) is 56.1 Å². The van der Waals surface area contributed by atoms with Gasteiger partial charge >= 0.3 is 0 Å². The van der Waals surface area contributed by atoms with Gasteiger partial charge < -0.3 is 10.6 Å². The topological polar surface area (TPSA) is 66.6 Å². The van der Waals surface area contributed by atoms with Crippen molar-refractivity contribution in [3.05, 3.63) is 22.4 Å². The SMILES string of the molecule is CN1CCCC2(CCN(C(=O)c3ccsc3)CC2)C1C(N)=O. The predicted octanol–water partition coefficient (Wildman–Crippen LogP) is 1.55. The van der Waals surface area contributed by atoms with Crippen molar-refractivity contribution in [1.82, 2.24) is 9.80 Å². The van der Waals surface area contributed by atoms with Crippen LogP contribution in [0.5, 0.6) is 0 Å². The molecule has 1 aromatic rings. The number of hydrogen-bond donors (Lipinski definition) is 1. The normalized spacial score (nSPS) is 25.3. The maximum atomic E-state index is 12.4. The van der Waals surface area contributed by atoms with Crippen molar-refractivity contribution >= 4 is 23.2 Å². The number of likely N-dealkylation sites (N-methyl/N-ethyl adjacent to an activating group) is 1. The Balaban J connectivity index is 1.72. The smallest absolute Gasteiger partial charge is 0.254 e. The lowest BCUT2D eigenvalue weighted by Crippen LogP contribution is -2.60. The second kappa shape index (κ2) is 6.01. The van der Waals surface area contributed by atoms with Crippen molar-refractivity contribution in [3.63, 3.8) is 0 Å². The van der Waals surface area contributed by atoms with Crippen LogP contribution in [0.1, 0.15) is 36.0 Å². The summed E-state index contributed by atoms with van der Waals surface area (Å²) in [5.74, 6) is -0.115. The minimum absolute atomic E-state index is 0.0513. The van der Waals surface area contributed by atoms with E-state index in [1.165, 1.54) is 0 Å². The summed E-state index contributed by atoms with van der Waals surface area (Å²) in [6, 6.07) is 1.68. The van der Waals surface area contributed by atoms with E-state index in [-0.39, 0.29) is 23.3 Å². The molecule has 0 saturated carbocycles. The van der Waals surface area contributed by atoms with Gasteiger partial charge in [-0.15, -0.1) is 0 Å². The van der Waals surface area contributed by atoms with Gasteiger partial charge in [0.25, 0.3) is 5.91 Å². The van der Waals surface area contributed by atoms with Gasteiger partial charge in [-0.25, -0.2) is 0 Å². The number of piperidine rings is 2. The summed E-state index contributed by atoms with van der Waals surface area (Å²) in [6.07, 6.45) is 3.85. The van der Waals surface area contributed by atoms with Gasteiger partial charge in [-0.2, -0.15) is 11.3 Å². The van der Waals surface area contributed by atoms with Crippen LogP contribution in [0.2, 0.25) is 0 Å². The van der Waals surface area contributed by atoms with Gasteiger partial charge in [0.2, 0.25) is 5.91 Å². The van der Waals surface area contributed by atoms with Crippen molar-refractivity contribution in [2.75, 3.05) is 26.7 Å². The first kappa shape index (κ1) is 15.5. The maximum Gasteiger partial charge on any atom is 0.254 e. The van der Waals surface area contributed by atoms with Crippen LogP contribution in [0.25, 0.3) is 0 Å². The number of thiophene rings is 1. The minimum atomic E-state index is -0.222. The quantitative estimate of drug-likeness (QED) is 0.899. The number of carbonyl (C=O) groups excluding carboxylic acids is 2. The van der Waals surface area contributed by atoms with E-state index in [9.17, 15) is 9.59 Å². The largest absolute Gasteiger partial charge is 0.368 e. The second-order valence-corrected chi connectivity index (χ2v) is 7.34. The molecule has 1 unspecified atom stereocenters. The molecule has 22 heavy (non-hydrogen) atoms. The first-order valence-corrected chi connectivity index (χ1v) is 8.79. The number of nitrogens with zero attached hydrogens (tertiary/aromatic N) is 2. The molecule has 2 aliphatic rings. The molecule has 3 rings (SSSR count). The summed E-state index contributed by atoms with van der Waals surface area (Å²) < 4.78 is 0. The predicted molar refractivity (Wildman–Crippen MR) is 86.7 cm³/mol. The van der Waals surface area contributed by atoms with Crippen LogP contribution in [0.4, 0.5) is 0 Å². The molecule has 2 saturated heterocycles. The Morgan fingerprint density at radius 3 is 2.59 bits per heavy atom. The van der Waals surface area contributed by atoms with Crippen LogP contribution >= 0.6 is 11.3 Å². The van der Waals surface area contributed by atoms with E-state index in [4.69, 9.17) is 5.73 Å². The van der Waals surface area contributed by atoms with E-state index in [0.29, 0.717) is 13.1 Å². The average Bonchev–Trinajstić information content (AvgIpc) is 3.01. The van der Waals surface area contributed by atoms with E-state index in [0.717, 1.165) is 37.8 Å². The molecule has 1 aromatic heterocycles. The van der Waals surface area contributed by atoms with E-state index in [1.54, 1.807) is 11.3 Å². The summed E-state index contributed by atoms with van der Waals surface area (Å²) in [6.45, 7) is 2.35. The fourth-order valence-electron chi connectivity index (χ4n) is 4.18. The van der Waals surface area contributed by atoms with Crippen LogP contribution in [-0.2, 0) is 4.79 Å². The summed E-state index contributed by atoms with van der Waals surface area (Å²) in [7, 11) is 1.99. The first-order valence-electron chi connectivity index (χ1n) is 7.84. The third kappa shape index (κ3) is 2.65. The zero-order valence-electron chi connectivity index (χ0n) is 13.0.